The Hall–Kier alpha value is -2.03. The molecule has 0 spiro atoms. The molecule has 1 aromatic rings. The smallest absolute Gasteiger partial charge is 0.335 e. The number of benzene rings is 1. The summed E-state index contributed by atoms with van der Waals surface area (Å²) >= 11 is 0. The number of halogens is 2. The molecule has 6 nitrogen and oxygen atoms in total. The maximum absolute atomic E-state index is 13.5. The van der Waals surface area contributed by atoms with Crippen LogP contribution in [0.2, 0.25) is 0 Å². The lowest BCUT2D eigenvalue weighted by Crippen LogP contribution is -2.22. The van der Waals surface area contributed by atoms with Gasteiger partial charge in [0.05, 0.1) is 11.3 Å². The van der Waals surface area contributed by atoms with Crippen molar-refractivity contribution in [1.29, 1.82) is 0 Å². The maximum atomic E-state index is 13.5. The zero-order chi connectivity index (χ0) is 15.5. The summed E-state index contributed by atoms with van der Waals surface area (Å²) in [5.41, 5.74) is -0.692. The molecule has 20 heavy (non-hydrogen) atoms. The number of sulfone groups is 1. The second-order valence-electron chi connectivity index (χ2n) is 3.82. The fourth-order valence-corrected chi connectivity index (χ4v) is 2.73. The van der Waals surface area contributed by atoms with Gasteiger partial charge in [0.1, 0.15) is 4.90 Å². The molecule has 110 valence electrons. The molecule has 1 aromatic carbocycles. The first kappa shape index (κ1) is 16.0. The highest BCUT2D eigenvalue weighted by Gasteiger charge is 2.25. The number of carboxylic acids is 1. The monoisotopic (exact) mass is 307 g/mol. The standard InChI is InChI=1S/C11H11F2NO5S/c1-14-9(15)2-3-20(18,19)8-5-6(11(16)17)4-7(12)10(8)13/h4-5H,2-3H2,1H3,(H,14,15)(H,16,17). The van der Waals surface area contributed by atoms with E-state index in [0.29, 0.717) is 12.1 Å². The molecule has 0 radical (unpaired) electrons. The van der Waals surface area contributed by atoms with Crippen molar-refractivity contribution in [3.05, 3.63) is 29.3 Å². The Bertz CT molecular complexity index is 657. The first-order valence-electron chi connectivity index (χ1n) is 5.34. The van der Waals surface area contributed by atoms with Gasteiger partial charge in [-0.1, -0.05) is 0 Å². The summed E-state index contributed by atoms with van der Waals surface area (Å²) in [5, 5.41) is 10.9. The molecule has 9 heteroatoms. The number of carbonyl (C=O) groups is 2. The summed E-state index contributed by atoms with van der Waals surface area (Å²) in [6.45, 7) is 0. The van der Waals surface area contributed by atoms with E-state index in [-0.39, 0.29) is 0 Å². The third-order valence-corrected chi connectivity index (χ3v) is 4.16. The predicted molar refractivity (Wildman–Crippen MR) is 64.1 cm³/mol. The highest BCUT2D eigenvalue weighted by atomic mass is 32.2. The van der Waals surface area contributed by atoms with Crippen LogP contribution < -0.4 is 5.32 Å². The van der Waals surface area contributed by atoms with Gasteiger partial charge < -0.3 is 10.4 Å². The summed E-state index contributed by atoms with van der Waals surface area (Å²) in [5.74, 6) is -6.18. The van der Waals surface area contributed by atoms with Crippen LogP contribution in [0.15, 0.2) is 17.0 Å². The number of carbonyl (C=O) groups excluding carboxylic acids is 1. The third-order valence-electron chi connectivity index (χ3n) is 2.45. The minimum Gasteiger partial charge on any atom is -0.478 e. The molecule has 2 N–H and O–H groups in total. The molecule has 0 aliphatic rings. The Kier molecular flexibility index (Phi) is 4.77. The van der Waals surface area contributed by atoms with Crippen molar-refractivity contribution in [1.82, 2.24) is 5.32 Å². The zero-order valence-electron chi connectivity index (χ0n) is 10.3. The van der Waals surface area contributed by atoms with Crippen molar-refractivity contribution < 1.29 is 31.9 Å². The van der Waals surface area contributed by atoms with E-state index in [4.69, 9.17) is 5.11 Å². The van der Waals surface area contributed by atoms with E-state index in [1.807, 2.05) is 0 Å². The lowest BCUT2D eigenvalue weighted by Gasteiger charge is -2.07. The largest absolute Gasteiger partial charge is 0.478 e. The molecule has 0 heterocycles. The summed E-state index contributed by atoms with van der Waals surface area (Å²) < 4.78 is 50.4. The predicted octanol–water partition coefficient (Wildman–Crippen LogP) is 0.573. The lowest BCUT2D eigenvalue weighted by molar-refractivity contribution is -0.120. The van der Waals surface area contributed by atoms with Gasteiger partial charge in [-0.3, -0.25) is 4.79 Å². The second kappa shape index (κ2) is 5.95. The molecule has 1 rings (SSSR count). The molecule has 0 aromatic heterocycles. The highest BCUT2D eigenvalue weighted by Crippen LogP contribution is 2.21. The zero-order valence-corrected chi connectivity index (χ0v) is 11.1. The summed E-state index contributed by atoms with van der Waals surface area (Å²) in [4.78, 5) is 20.6. The van der Waals surface area contributed by atoms with E-state index in [1.165, 1.54) is 7.05 Å². The van der Waals surface area contributed by atoms with Crippen LogP contribution in [0.4, 0.5) is 8.78 Å². The first-order valence-corrected chi connectivity index (χ1v) is 7.00. The van der Waals surface area contributed by atoms with Crippen LogP contribution in [0.5, 0.6) is 0 Å². The van der Waals surface area contributed by atoms with Crippen LogP contribution in [0.25, 0.3) is 0 Å². The van der Waals surface area contributed by atoms with Gasteiger partial charge in [0.15, 0.2) is 21.5 Å². The third kappa shape index (κ3) is 3.50. The van der Waals surface area contributed by atoms with Crippen LogP contribution in [-0.4, -0.2) is 38.2 Å². The summed E-state index contributed by atoms with van der Waals surface area (Å²) in [6, 6.07) is 0.912. The number of hydrogen-bond acceptors (Lipinski definition) is 4. The molecule has 0 fully saturated rings. The van der Waals surface area contributed by atoms with Crippen LogP contribution in [-0.2, 0) is 14.6 Å². The normalized spacial score (nSPS) is 11.2. The Labute approximate surface area is 113 Å². The maximum Gasteiger partial charge on any atom is 0.335 e. The van der Waals surface area contributed by atoms with Crippen LogP contribution in [0, 0.1) is 11.6 Å². The number of aromatic carboxylic acids is 1. The van der Waals surface area contributed by atoms with Crippen molar-refractivity contribution in [2.24, 2.45) is 0 Å². The van der Waals surface area contributed by atoms with Gasteiger partial charge in [-0.15, -0.1) is 0 Å². The van der Waals surface area contributed by atoms with E-state index in [1.54, 1.807) is 0 Å². The number of nitrogens with one attached hydrogen (secondary N) is 1. The minimum atomic E-state index is -4.31. The van der Waals surface area contributed by atoms with Crippen molar-refractivity contribution in [2.75, 3.05) is 12.8 Å². The second-order valence-corrected chi connectivity index (χ2v) is 5.89. The van der Waals surface area contributed by atoms with Gasteiger partial charge >= 0.3 is 5.97 Å². The van der Waals surface area contributed by atoms with E-state index in [2.05, 4.69) is 5.32 Å². The van der Waals surface area contributed by atoms with Crippen LogP contribution in [0.3, 0.4) is 0 Å². The average molecular weight is 307 g/mol. The van der Waals surface area contributed by atoms with E-state index >= 15 is 0 Å². The molecule has 0 saturated heterocycles. The number of hydrogen-bond donors (Lipinski definition) is 2. The van der Waals surface area contributed by atoms with E-state index in [0.717, 1.165) is 0 Å². The Morgan fingerprint density at radius 1 is 1.30 bits per heavy atom. The molecule has 0 unspecified atom stereocenters. The molecule has 0 aliphatic carbocycles. The lowest BCUT2D eigenvalue weighted by atomic mass is 10.2. The molecular weight excluding hydrogens is 296 g/mol. The van der Waals surface area contributed by atoms with Gasteiger partial charge in [0, 0.05) is 13.5 Å². The SMILES string of the molecule is CNC(=O)CCS(=O)(=O)c1cc(C(=O)O)cc(F)c1F. The minimum absolute atomic E-state index is 0.384. The van der Waals surface area contributed by atoms with Gasteiger partial charge in [0.25, 0.3) is 0 Å². The van der Waals surface area contributed by atoms with Gasteiger partial charge in [-0.2, -0.15) is 0 Å². The number of amides is 1. The molecular formula is C11H11F2NO5S. The summed E-state index contributed by atoms with van der Waals surface area (Å²) in [6.07, 6.45) is -0.447. The Morgan fingerprint density at radius 2 is 1.90 bits per heavy atom. The fraction of sp³-hybridized carbons (Fsp3) is 0.273. The van der Waals surface area contributed by atoms with E-state index in [9.17, 15) is 26.8 Å². The summed E-state index contributed by atoms with van der Waals surface area (Å²) in [7, 11) is -3.02. The van der Waals surface area contributed by atoms with Crippen LogP contribution >= 0.6 is 0 Å². The molecule has 1 amide bonds. The van der Waals surface area contributed by atoms with E-state index < -0.39 is 56.0 Å². The quantitative estimate of drug-likeness (QED) is 0.828. The topological polar surface area (TPSA) is 101 Å². The molecule has 0 saturated carbocycles. The van der Waals surface area contributed by atoms with Gasteiger partial charge in [-0.05, 0) is 12.1 Å². The van der Waals surface area contributed by atoms with Crippen molar-refractivity contribution in [2.45, 2.75) is 11.3 Å². The average Bonchev–Trinajstić information content (AvgIpc) is 2.38. The number of carboxylic acid groups (broad SMARTS) is 1. The molecule has 0 bridgehead atoms. The Balaban J connectivity index is 3.23. The van der Waals surface area contributed by atoms with Crippen molar-refractivity contribution in [3.8, 4) is 0 Å². The number of rotatable bonds is 5. The van der Waals surface area contributed by atoms with Gasteiger partial charge in [-0.25, -0.2) is 22.0 Å². The Morgan fingerprint density at radius 3 is 2.40 bits per heavy atom. The van der Waals surface area contributed by atoms with Crippen molar-refractivity contribution in [3.63, 3.8) is 0 Å². The highest BCUT2D eigenvalue weighted by molar-refractivity contribution is 7.91. The van der Waals surface area contributed by atoms with Gasteiger partial charge in [0.2, 0.25) is 5.91 Å². The van der Waals surface area contributed by atoms with Crippen molar-refractivity contribution >= 4 is 21.7 Å². The molecule has 0 atom stereocenters. The van der Waals surface area contributed by atoms with Crippen LogP contribution in [0.1, 0.15) is 16.8 Å². The fourth-order valence-electron chi connectivity index (χ4n) is 1.38. The molecule has 0 aliphatic heterocycles. The first-order chi connectivity index (χ1) is 9.19.